The maximum atomic E-state index is 4.39. The van der Waals surface area contributed by atoms with Crippen LogP contribution in [0.5, 0.6) is 0 Å². The molecule has 1 heteroatoms. The maximum absolute atomic E-state index is 4.39. The van der Waals surface area contributed by atoms with Crippen molar-refractivity contribution in [2.24, 2.45) is 10.9 Å². The molecule has 1 nitrogen and oxygen atoms in total. The molecule has 0 bridgehead atoms. The number of hydrogen-bond donors (Lipinski definition) is 0. The molecule has 1 rings (SSSR count). The maximum Gasteiger partial charge on any atom is 0.0499 e. The molecule has 62 valence electrons. The number of aliphatic imine (C=N–C) groups is 1. The van der Waals surface area contributed by atoms with E-state index < -0.39 is 0 Å². The van der Waals surface area contributed by atoms with E-state index in [-0.39, 0.29) is 0 Å². The van der Waals surface area contributed by atoms with Gasteiger partial charge in [0.25, 0.3) is 0 Å². The summed E-state index contributed by atoms with van der Waals surface area (Å²) in [7, 11) is 0. The van der Waals surface area contributed by atoms with Crippen LogP contribution in [0.3, 0.4) is 0 Å². The Morgan fingerprint density at radius 2 is 1.91 bits per heavy atom. The minimum atomic E-state index is 0.587. The summed E-state index contributed by atoms with van der Waals surface area (Å²) in [4.78, 5) is 4.39. The van der Waals surface area contributed by atoms with Crippen molar-refractivity contribution >= 4 is 6.21 Å². The Labute approximate surface area is 69.2 Å². The molecule has 0 radical (unpaired) electrons. The summed E-state index contributed by atoms with van der Waals surface area (Å²) in [5, 5.41) is 0. The smallest absolute Gasteiger partial charge is 0.0499 e. The van der Waals surface area contributed by atoms with E-state index in [4.69, 9.17) is 0 Å². The van der Waals surface area contributed by atoms with E-state index in [1.165, 1.54) is 25.7 Å². The van der Waals surface area contributed by atoms with Gasteiger partial charge < -0.3 is 0 Å². The Bertz CT molecular complexity index is 141. The largest absolute Gasteiger partial charge is 0.290 e. The van der Waals surface area contributed by atoms with E-state index in [1.54, 1.807) is 6.08 Å². The molecule has 0 heterocycles. The second-order valence-corrected chi connectivity index (χ2v) is 3.45. The third-order valence-electron chi connectivity index (χ3n) is 2.39. The average Bonchev–Trinajstić information content (AvgIpc) is 2.04. The number of rotatable bonds is 2. The van der Waals surface area contributed by atoms with Gasteiger partial charge in [-0.05, 0) is 31.6 Å². The Morgan fingerprint density at radius 1 is 1.27 bits per heavy atom. The number of allylic oxidation sites excluding steroid dienone is 1. The van der Waals surface area contributed by atoms with Crippen LogP contribution < -0.4 is 0 Å². The van der Waals surface area contributed by atoms with Crippen molar-refractivity contribution in [3.8, 4) is 0 Å². The molecule has 1 aliphatic carbocycles. The molecule has 0 aromatic rings. The molecular formula is C10H17N. The lowest BCUT2D eigenvalue weighted by atomic mass is 9.88. The molecular weight excluding hydrogens is 134 g/mol. The van der Waals surface area contributed by atoms with Crippen molar-refractivity contribution in [2.45, 2.75) is 38.6 Å². The van der Waals surface area contributed by atoms with Gasteiger partial charge in [-0.25, -0.2) is 0 Å². The van der Waals surface area contributed by atoms with Crippen molar-refractivity contribution in [1.29, 1.82) is 0 Å². The zero-order chi connectivity index (χ0) is 8.10. The van der Waals surface area contributed by atoms with E-state index in [9.17, 15) is 0 Å². The van der Waals surface area contributed by atoms with Crippen LogP contribution in [0.1, 0.15) is 32.6 Å². The molecule has 1 fully saturated rings. The predicted molar refractivity (Wildman–Crippen MR) is 50.1 cm³/mol. The molecule has 0 atom stereocenters. The van der Waals surface area contributed by atoms with Crippen molar-refractivity contribution in [2.75, 3.05) is 0 Å². The van der Waals surface area contributed by atoms with Gasteiger partial charge in [0.2, 0.25) is 0 Å². The van der Waals surface area contributed by atoms with Gasteiger partial charge in [-0.2, -0.15) is 0 Å². The van der Waals surface area contributed by atoms with Gasteiger partial charge in [0, 0.05) is 12.3 Å². The number of hydrogen-bond acceptors (Lipinski definition) is 1. The molecule has 0 aromatic carbocycles. The fourth-order valence-corrected chi connectivity index (χ4v) is 1.57. The highest BCUT2D eigenvalue weighted by Crippen LogP contribution is 2.25. The quantitative estimate of drug-likeness (QED) is 0.538. The van der Waals surface area contributed by atoms with Gasteiger partial charge in [0.1, 0.15) is 0 Å². The second-order valence-electron chi connectivity index (χ2n) is 3.45. The van der Waals surface area contributed by atoms with Crippen LogP contribution >= 0.6 is 0 Å². The van der Waals surface area contributed by atoms with Crippen LogP contribution in [-0.4, -0.2) is 12.3 Å². The van der Waals surface area contributed by atoms with Crippen LogP contribution in [0.25, 0.3) is 0 Å². The summed E-state index contributed by atoms with van der Waals surface area (Å²) in [6.07, 6.45) is 8.83. The van der Waals surface area contributed by atoms with Crippen molar-refractivity contribution in [1.82, 2.24) is 0 Å². The van der Waals surface area contributed by atoms with Gasteiger partial charge in [-0.15, -0.1) is 0 Å². The van der Waals surface area contributed by atoms with Gasteiger partial charge >= 0.3 is 0 Å². The minimum Gasteiger partial charge on any atom is -0.290 e. The Morgan fingerprint density at radius 3 is 2.45 bits per heavy atom. The zero-order valence-corrected chi connectivity index (χ0v) is 7.29. The van der Waals surface area contributed by atoms with Gasteiger partial charge in [-0.3, -0.25) is 4.99 Å². The van der Waals surface area contributed by atoms with E-state index in [1.807, 2.05) is 6.21 Å². The molecule has 0 aliphatic heterocycles. The summed E-state index contributed by atoms with van der Waals surface area (Å²) >= 11 is 0. The minimum absolute atomic E-state index is 0.587. The molecule has 0 N–H and O–H groups in total. The zero-order valence-electron chi connectivity index (χ0n) is 7.29. The van der Waals surface area contributed by atoms with E-state index in [2.05, 4.69) is 18.5 Å². The first-order valence-electron chi connectivity index (χ1n) is 4.47. The first-order valence-corrected chi connectivity index (χ1v) is 4.47. The lowest BCUT2D eigenvalue weighted by molar-refractivity contribution is 0.350. The Balaban J connectivity index is 2.27. The average molecular weight is 151 g/mol. The molecule has 1 saturated carbocycles. The van der Waals surface area contributed by atoms with Gasteiger partial charge in [0.05, 0.1) is 0 Å². The fourth-order valence-electron chi connectivity index (χ4n) is 1.57. The second kappa shape index (κ2) is 4.32. The summed E-state index contributed by atoms with van der Waals surface area (Å²) < 4.78 is 0. The topological polar surface area (TPSA) is 12.4 Å². The fraction of sp³-hybridized carbons (Fsp3) is 0.700. The monoisotopic (exact) mass is 151 g/mol. The highest BCUT2D eigenvalue weighted by molar-refractivity contribution is 5.70. The van der Waals surface area contributed by atoms with E-state index in [0.29, 0.717) is 6.04 Å². The first-order chi connectivity index (χ1) is 5.33. The number of nitrogens with zero attached hydrogens (tertiary/aromatic N) is 1. The lowest BCUT2D eigenvalue weighted by Crippen LogP contribution is -2.14. The van der Waals surface area contributed by atoms with Crippen molar-refractivity contribution < 1.29 is 0 Å². The van der Waals surface area contributed by atoms with Gasteiger partial charge in [-0.1, -0.05) is 19.6 Å². The standard InChI is InChI=1S/C10H17N/c1-3-8-11-10-6-4-9(2)5-7-10/h3,8-10H,1,4-7H2,2H3. The normalized spacial score (nSPS) is 32.5. The highest BCUT2D eigenvalue weighted by Gasteiger charge is 2.15. The van der Waals surface area contributed by atoms with Crippen LogP contribution in [0.4, 0.5) is 0 Å². The summed E-state index contributed by atoms with van der Waals surface area (Å²) in [6.45, 7) is 5.94. The molecule has 0 spiro atoms. The highest BCUT2D eigenvalue weighted by atomic mass is 14.8. The van der Waals surface area contributed by atoms with E-state index >= 15 is 0 Å². The molecule has 0 saturated heterocycles. The summed E-state index contributed by atoms with van der Waals surface area (Å²) in [5.74, 6) is 0.921. The molecule has 0 amide bonds. The molecule has 0 unspecified atom stereocenters. The van der Waals surface area contributed by atoms with Crippen LogP contribution in [0.2, 0.25) is 0 Å². The molecule has 11 heavy (non-hydrogen) atoms. The Hall–Kier alpha value is -0.590. The van der Waals surface area contributed by atoms with Crippen LogP contribution in [0, 0.1) is 5.92 Å². The third kappa shape index (κ3) is 2.87. The van der Waals surface area contributed by atoms with Crippen LogP contribution in [0.15, 0.2) is 17.6 Å². The predicted octanol–water partition coefficient (Wildman–Crippen LogP) is 2.82. The summed E-state index contributed by atoms with van der Waals surface area (Å²) in [5.41, 5.74) is 0. The Kier molecular flexibility index (Phi) is 3.34. The SMILES string of the molecule is C=CC=NC1CCC(C)CC1. The lowest BCUT2D eigenvalue weighted by Gasteiger charge is -2.22. The molecule has 0 aromatic heterocycles. The van der Waals surface area contributed by atoms with Crippen molar-refractivity contribution in [3.63, 3.8) is 0 Å². The van der Waals surface area contributed by atoms with Crippen LogP contribution in [-0.2, 0) is 0 Å². The summed E-state index contributed by atoms with van der Waals surface area (Å²) in [6, 6.07) is 0.587. The van der Waals surface area contributed by atoms with Gasteiger partial charge in [0.15, 0.2) is 0 Å². The molecule has 1 aliphatic rings. The van der Waals surface area contributed by atoms with Crippen molar-refractivity contribution in [3.05, 3.63) is 12.7 Å². The third-order valence-corrected chi connectivity index (χ3v) is 2.39. The van der Waals surface area contributed by atoms with E-state index in [0.717, 1.165) is 5.92 Å². The first kappa shape index (κ1) is 8.51.